The molecule has 0 aliphatic heterocycles. The van der Waals surface area contributed by atoms with Crippen LogP contribution in [0.15, 0.2) is 41.6 Å². The number of nitrogens with zero attached hydrogens (tertiary/aromatic N) is 2. The second-order valence-corrected chi connectivity index (χ2v) is 6.07. The van der Waals surface area contributed by atoms with Gasteiger partial charge in [0.1, 0.15) is 5.03 Å². The van der Waals surface area contributed by atoms with Crippen LogP contribution in [0.4, 0.5) is 5.69 Å². The lowest BCUT2D eigenvalue weighted by Gasteiger charge is -2.11. The van der Waals surface area contributed by atoms with Gasteiger partial charge in [-0.3, -0.25) is 0 Å². The molecule has 0 fully saturated rings. The molecule has 0 spiro atoms. The lowest BCUT2D eigenvalue weighted by molar-refractivity contribution is 0.371. The number of benzene rings is 1. The fraction of sp³-hybridized carbons (Fsp3) is 0.214. The number of anilines is 1. The molecule has 0 radical (unpaired) electrons. The van der Waals surface area contributed by atoms with Gasteiger partial charge in [-0.2, -0.15) is 3.82 Å². The fourth-order valence-corrected chi connectivity index (χ4v) is 2.44. The molecule has 0 aliphatic rings. The Hall–Kier alpha value is -1.63. The van der Waals surface area contributed by atoms with E-state index in [4.69, 9.17) is 16.5 Å². The van der Waals surface area contributed by atoms with Gasteiger partial charge in [0.2, 0.25) is 0 Å². The molecular formula is C14H16ClN3O2S. The van der Waals surface area contributed by atoms with Gasteiger partial charge in [0.15, 0.2) is 11.5 Å². The molecular weight excluding hydrogens is 310 g/mol. The first-order valence-electron chi connectivity index (χ1n) is 6.22. The predicted molar refractivity (Wildman–Crippen MR) is 85.7 cm³/mol. The predicted octanol–water partition coefficient (Wildman–Crippen LogP) is 3.50. The number of nitrogens with one attached hydrogen (secondary N) is 1. The third kappa shape index (κ3) is 4.42. The zero-order valence-electron chi connectivity index (χ0n) is 11.7. The molecule has 1 aromatic carbocycles. The molecule has 1 aromatic heterocycles. The monoisotopic (exact) mass is 325 g/mol. The summed E-state index contributed by atoms with van der Waals surface area (Å²) in [5.74, 6) is 0.612. The van der Waals surface area contributed by atoms with Gasteiger partial charge in [0.05, 0.1) is 19.0 Å². The second kappa shape index (κ2) is 7.40. The number of ether oxygens (including phenoxy) is 1. The molecule has 0 saturated carbocycles. The highest BCUT2D eigenvalue weighted by Crippen LogP contribution is 2.30. The molecule has 2 N–H and O–H groups in total. The van der Waals surface area contributed by atoms with E-state index < -0.39 is 0 Å². The van der Waals surface area contributed by atoms with Crippen LogP contribution >= 0.6 is 23.7 Å². The van der Waals surface area contributed by atoms with Gasteiger partial charge in [-0.15, -0.1) is 0 Å². The minimum atomic E-state index is 0.149. The number of halogens is 1. The van der Waals surface area contributed by atoms with Crippen LogP contribution in [0.2, 0.25) is 0 Å². The molecule has 5 nitrogen and oxygen atoms in total. The topological polar surface area (TPSA) is 57.6 Å². The average molecular weight is 326 g/mol. The lowest BCUT2D eigenvalue weighted by Crippen LogP contribution is -2.01. The number of hydrogen-bond donors (Lipinski definition) is 2. The Balaban J connectivity index is 2.00. The summed E-state index contributed by atoms with van der Waals surface area (Å²) >= 11 is 7.07. The van der Waals surface area contributed by atoms with Crippen molar-refractivity contribution >= 4 is 29.4 Å². The number of aromatic hydroxyl groups is 1. The van der Waals surface area contributed by atoms with Crippen LogP contribution in [-0.4, -0.2) is 28.1 Å². The van der Waals surface area contributed by atoms with E-state index in [0.717, 1.165) is 16.3 Å². The Bertz CT molecular complexity index is 593. The van der Waals surface area contributed by atoms with Crippen LogP contribution in [0.5, 0.6) is 11.5 Å². The number of pyridine rings is 1. The van der Waals surface area contributed by atoms with E-state index in [-0.39, 0.29) is 5.75 Å². The largest absolute Gasteiger partial charge is 0.504 e. The molecule has 1 heterocycles. The van der Waals surface area contributed by atoms with Crippen LogP contribution in [0.25, 0.3) is 0 Å². The van der Waals surface area contributed by atoms with Crippen molar-refractivity contribution in [2.75, 3.05) is 19.5 Å². The van der Waals surface area contributed by atoms with Crippen LogP contribution in [0.3, 0.4) is 0 Å². The Kier molecular flexibility index (Phi) is 5.55. The van der Waals surface area contributed by atoms with E-state index in [1.54, 1.807) is 19.3 Å². The maximum atomic E-state index is 10.0. The van der Waals surface area contributed by atoms with Crippen molar-refractivity contribution in [2.24, 2.45) is 0 Å². The maximum Gasteiger partial charge on any atom is 0.162 e. The van der Waals surface area contributed by atoms with Gasteiger partial charge in [0.25, 0.3) is 0 Å². The number of methoxy groups -OCH3 is 1. The van der Waals surface area contributed by atoms with Crippen molar-refractivity contribution in [1.29, 1.82) is 0 Å². The van der Waals surface area contributed by atoms with Gasteiger partial charge in [-0.05, 0) is 41.9 Å². The number of phenolic OH excluding ortho intramolecular Hbond substituents is 1. The van der Waals surface area contributed by atoms with Gasteiger partial charge in [-0.25, -0.2) is 4.98 Å². The molecule has 7 heteroatoms. The first-order valence-corrected chi connectivity index (χ1v) is 7.33. The minimum absolute atomic E-state index is 0.149. The normalized spacial score (nSPS) is 10.7. The average Bonchev–Trinajstić information content (AvgIpc) is 2.47. The summed E-state index contributed by atoms with van der Waals surface area (Å²) in [4.78, 5) is 4.27. The van der Waals surface area contributed by atoms with E-state index in [1.807, 2.05) is 24.3 Å². The Morgan fingerprint density at radius 1 is 1.38 bits per heavy atom. The van der Waals surface area contributed by atoms with Crippen molar-refractivity contribution in [1.82, 2.24) is 8.81 Å². The first kappa shape index (κ1) is 15.8. The molecule has 0 saturated heterocycles. The quantitative estimate of drug-likeness (QED) is 0.626. The standard InChI is InChI=1S/C14H16ClN3O2S/c1-18(15)21-13-7-6-11(9-17-13)16-8-10-4-3-5-12(20-2)14(10)19/h3-7,9,16,19H,8H2,1-2H3. The molecule has 112 valence electrons. The molecule has 0 aliphatic carbocycles. The molecule has 0 atom stereocenters. The summed E-state index contributed by atoms with van der Waals surface area (Å²) in [5, 5.41) is 14.0. The zero-order chi connectivity index (χ0) is 15.2. The van der Waals surface area contributed by atoms with E-state index >= 15 is 0 Å². The SMILES string of the molecule is COc1cccc(CNc2ccc(SN(C)Cl)nc2)c1O. The molecule has 0 bridgehead atoms. The Morgan fingerprint density at radius 3 is 2.81 bits per heavy atom. The molecule has 0 amide bonds. The van der Waals surface area contributed by atoms with Crippen LogP contribution in [-0.2, 0) is 6.54 Å². The lowest BCUT2D eigenvalue weighted by atomic mass is 10.2. The summed E-state index contributed by atoms with van der Waals surface area (Å²) in [5.41, 5.74) is 1.62. The van der Waals surface area contributed by atoms with Gasteiger partial charge < -0.3 is 15.2 Å². The second-order valence-electron chi connectivity index (χ2n) is 4.22. The highest BCUT2D eigenvalue weighted by Gasteiger charge is 2.07. The van der Waals surface area contributed by atoms with Crippen LogP contribution in [0, 0.1) is 0 Å². The number of aromatic nitrogens is 1. The minimum Gasteiger partial charge on any atom is -0.504 e. The summed E-state index contributed by atoms with van der Waals surface area (Å²) in [6.45, 7) is 0.479. The summed E-state index contributed by atoms with van der Waals surface area (Å²) < 4.78 is 6.54. The van der Waals surface area contributed by atoms with Gasteiger partial charge >= 0.3 is 0 Å². The third-order valence-electron chi connectivity index (χ3n) is 2.74. The van der Waals surface area contributed by atoms with Crippen molar-refractivity contribution in [3.8, 4) is 11.5 Å². The smallest absolute Gasteiger partial charge is 0.162 e. The van der Waals surface area contributed by atoms with Crippen molar-refractivity contribution in [2.45, 2.75) is 11.6 Å². The molecule has 2 aromatic rings. The van der Waals surface area contributed by atoms with Crippen molar-refractivity contribution < 1.29 is 9.84 Å². The number of phenols is 1. The maximum absolute atomic E-state index is 10.0. The van der Waals surface area contributed by atoms with Gasteiger partial charge in [0, 0.05) is 19.2 Å². The zero-order valence-corrected chi connectivity index (χ0v) is 13.3. The highest BCUT2D eigenvalue weighted by molar-refractivity contribution is 7.97. The summed E-state index contributed by atoms with van der Waals surface area (Å²) in [7, 11) is 3.27. The van der Waals surface area contributed by atoms with Crippen LogP contribution in [0.1, 0.15) is 5.56 Å². The Labute approximate surface area is 133 Å². The van der Waals surface area contributed by atoms with E-state index in [1.165, 1.54) is 22.9 Å². The van der Waals surface area contributed by atoms with Crippen molar-refractivity contribution in [3.63, 3.8) is 0 Å². The summed E-state index contributed by atoms with van der Waals surface area (Å²) in [6.07, 6.45) is 1.72. The molecule has 21 heavy (non-hydrogen) atoms. The third-order valence-corrected chi connectivity index (χ3v) is 3.63. The molecule has 0 unspecified atom stereocenters. The Morgan fingerprint density at radius 2 is 2.19 bits per heavy atom. The van der Waals surface area contributed by atoms with E-state index in [0.29, 0.717) is 12.3 Å². The number of hydrogen-bond acceptors (Lipinski definition) is 6. The van der Waals surface area contributed by atoms with Crippen molar-refractivity contribution in [3.05, 3.63) is 42.1 Å². The van der Waals surface area contributed by atoms with Gasteiger partial charge in [-0.1, -0.05) is 12.1 Å². The summed E-state index contributed by atoms with van der Waals surface area (Å²) in [6, 6.07) is 9.17. The van der Waals surface area contributed by atoms with E-state index in [9.17, 15) is 5.11 Å². The van der Waals surface area contributed by atoms with E-state index in [2.05, 4.69) is 10.3 Å². The number of rotatable bonds is 6. The fourth-order valence-electron chi connectivity index (χ4n) is 1.74. The van der Waals surface area contributed by atoms with Crippen LogP contribution < -0.4 is 10.1 Å². The molecule has 2 rings (SSSR count). The first-order chi connectivity index (χ1) is 10.1. The number of para-hydroxylation sites is 1. The highest BCUT2D eigenvalue weighted by atomic mass is 35.5.